The normalized spacial score (nSPS) is 12.8. The molecule has 0 amide bonds. The Kier molecular flexibility index (Phi) is 9.37. The molecule has 6 heteroatoms. The van der Waals surface area contributed by atoms with Crippen molar-refractivity contribution >= 4 is 41.2 Å². The zero-order chi connectivity index (χ0) is 39.7. The smallest absolute Gasteiger partial charge is 0.160 e. The number of hydrogen-bond acceptors (Lipinski definition) is 6. The summed E-state index contributed by atoms with van der Waals surface area (Å²) in [6.45, 7) is 0. The van der Waals surface area contributed by atoms with Gasteiger partial charge in [0, 0.05) is 38.8 Å². The van der Waals surface area contributed by atoms with Gasteiger partial charge in [-0.25, -0.2) is 19.3 Å². The molecule has 7 aromatic carbocycles. The topological polar surface area (TPSA) is 74.9 Å². The minimum atomic E-state index is 0.318. The molecule has 0 bridgehead atoms. The fraction of sp³-hybridized carbons (Fsp3) is 0. The molecule has 59 heavy (non-hydrogen) atoms. The van der Waals surface area contributed by atoms with E-state index >= 15 is 0 Å². The summed E-state index contributed by atoms with van der Waals surface area (Å²) in [5.41, 5.74) is 16.4. The van der Waals surface area contributed by atoms with Crippen LogP contribution in [0.3, 0.4) is 0 Å². The van der Waals surface area contributed by atoms with Gasteiger partial charge in [-0.3, -0.25) is 5.41 Å². The number of rotatable bonds is 7. The van der Waals surface area contributed by atoms with Crippen molar-refractivity contribution in [1.29, 1.82) is 5.41 Å². The predicted molar refractivity (Wildman–Crippen MR) is 248 cm³/mol. The number of nitrogens with zero attached hydrogens (tertiary/aromatic N) is 4. The highest BCUT2D eigenvalue weighted by Gasteiger charge is 2.24. The molecule has 0 fully saturated rings. The fourth-order valence-corrected chi connectivity index (χ4v) is 8.07. The molecule has 1 aliphatic rings. The summed E-state index contributed by atoms with van der Waals surface area (Å²) >= 11 is 4.30. The lowest BCUT2D eigenvalue weighted by Crippen LogP contribution is -2.18. The molecule has 9 aromatic rings. The maximum Gasteiger partial charge on any atom is 0.160 e. The van der Waals surface area contributed by atoms with Gasteiger partial charge >= 0.3 is 0 Å². The molecule has 2 aromatic heterocycles. The van der Waals surface area contributed by atoms with E-state index in [0.29, 0.717) is 17.2 Å². The molecule has 0 radical (unpaired) electrons. The van der Waals surface area contributed by atoms with Crippen LogP contribution in [0.15, 0.2) is 199 Å². The Labute approximate surface area is 348 Å². The minimum absolute atomic E-state index is 0.318. The number of allylic oxidation sites excluding steroid dienone is 1. The summed E-state index contributed by atoms with van der Waals surface area (Å²) < 4.78 is 4.27. The van der Waals surface area contributed by atoms with E-state index < -0.39 is 0 Å². The summed E-state index contributed by atoms with van der Waals surface area (Å²) in [6, 6.07) is 64.9. The highest BCUT2D eigenvalue weighted by Crippen LogP contribution is 2.38. The lowest BCUT2D eigenvalue weighted by atomic mass is 9.87. The number of nitrogens with one attached hydrogen (secondary N) is 1. The van der Waals surface area contributed by atoms with Crippen molar-refractivity contribution < 1.29 is 0 Å². The van der Waals surface area contributed by atoms with Crippen LogP contribution in [-0.2, 0) is 0 Å². The second kappa shape index (κ2) is 15.4. The number of hydrogen-bond donors (Lipinski definition) is 2. The van der Waals surface area contributed by atoms with Crippen molar-refractivity contribution in [3.05, 3.63) is 205 Å². The van der Waals surface area contributed by atoms with E-state index in [2.05, 4.69) is 175 Å². The van der Waals surface area contributed by atoms with E-state index in [-0.39, 0.29) is 0 Å². The summed E-state index contributed by atoms with van der Waals surface area (Å²) in [6.07, 6.45) is 3.73. The highest BCUT2D eigenvalue weighted by atomic mass is 32.1. The molecule has 0 saturated carbocycles. The lowest BCUT2D eigenvalue weighted by molar-refractivity contribution is 1.18. The van der Waals surface area contributed by atoms with Crippen molar-refractivity contribution in [2.24, 2.45) is 4.40 Å². The number of thiol groups is 1. The molecule has 0 spiro atoms. The van der Waals surface area contributed by atoms with Crippen LogP contribution in [-0.4, -0.2) is 26.4 Å². The molecule has 10 rings (SSSR count). The van der Waals surface area contributed by atoms with Crippen LogP contribution in [0.4, 0.5) is 0 Å². The summed E-state index contributed by atoms with van der Waals surface area (Å²) in [4.78, 5) is 15.7. The van der Waals surface area contributed by atoms with E-state index in [1.165, 1.54) is 0 Å². The minimum Gasteiger partial charge on any atom is -0.299 e. The zero-order valence-electron chi connectivity index (χ0n) is 31.8. The first-order valence-corrected chi connectivity index (χ1v) is 19.8. The van der Waals surface area contributed by atoms with E-state index in [1.807, 2.05) is 36.4 Å². The first-order chi connectivity index (χ1) is 29.1. The van der Waals surface area contributed by atoms with Crippen LogP contribution in [0, 0.1) is 5.41 Å². The van der Waals surface area contributed by atoms with Crippen molar-refractivity contribution in [3.8, 4) is 78.5 Å². The van der Waals surface area contributed by atoms with Gasteiger partial charge in [0.05, 0.1) is 28.3 Å². The monoisotopic (exact) mass is 773 g/mol. The molecule has 5 nitrogen and oxygen atoms in total. The lowest BCUT2D eigenvalue weighted by Gasteiger charge is -2.20. The molecule has 1 N–H and O–H groups in total. The average molecular weight is 774 g/mol. The third kappa shape index (κ3) is 6.96. The molecule has 2 heterocycles. The number of benzene rings is 7. The molecule has 0 unspecified atom stereocenters. The van der Waals surface area contributed by atoms with Crippen LogP contribution in [0.1, 0.15) is 11.1 Å². The molecular weight excluding hydrogens is 739 g/mol. The van der Waals surface area contributed by atoms with Gasteiger partial charge in [-0.15, -0.1) is 0 Å². The van der Waals surface area contributed by atoms with Crippen LogP contribution >= 0.6 is 12.8 Å². The Hall–Kier alpha value is -7.54. The average Bonchev–Trinajstić information content (AvgIpc) is 3.32. The SMILES string of the molecule is N=C1C=Cc2c(-c3ccccc3)nc3cc(-c4cccc(-c5cc(-c6cccc(-c7ccccc7)c6)nc(-c6cccc(-c7ccccc7)c6)n5)c4)ccc3c2C1=NS. The maximum atomic E-state index is 8.65. The standard InChI is InChI=1S/C53H35N5S/c54-46-28-27-45-50(52(46)58-59)44-26-25-40(32-49(44)55-51(45)36-17-8-3-9-18-36)39-21-11-23-42(30-39)48-33-47(41-22-10-19-37(29-41)34-13-4-1-5-14-34)56-53(57-48)43-24-12-20-38(31-43)35-15-6-2-7-16-35/h1-33,54,59H. The van der Waals surface area contributed by atoms with Crippen LogP contribution in [0.5, 0.6) is 0 Å². The molecular formula is C53H35N5S. The first-order valence-electron chi connectivity index (χ1n) is 19.4. The maximum absolute atomic E-state index is 8.65. The third-order valence-corrected chi connectivity index (χ3v) is 11.0. The molecule has 278 valence electrons. The van der Waals surface area contributed by atoms with Crippen molar-refractivity contribution in [2.75, 3.05) is 0 Å². The first kappa shape index (κ1) is 35.8. The van der Waals surface area contributed by atoms with E-state index in [1.54, 1.807) is 6.08 Å². The van der Waals surface area contributed by atoms with Crippen LogP contribution in [0.2, 0.25) is 0 Å². The number of fused-ring (bicyclic) bond motifs is 3. The Morgan fingerprint density at radius 3 is 1.46 bits per heavy atom. The Balaban J connectivity index is 1.11. The number of pyridine rings is 1. The van der Waals surface area contributed by atoms with Gasteiger partial charge in [-0.2, -0.15) is 0 Å². The fourth-order valence-electron chi connectivity index (χ4n) is 7.86. The molecule has 0 atom stereocenters. The molecule has 1 aliphatic carbocycles. The second-order valence-electron chi connectivity index (χ2n) is 14.5. The van der Waals surface area contributed by atoms with Gasteiger partial charge < -0.3 is 0 Å². The Morgan fingerprint density at radius 1 is 0.407 bits per heavy atom. The van der Waals surface area contributed by atoms with Gasteiger partial charge in [0.25, 0.3) is 0 Å². The number of aromatic nitrogens is 3. The van der Waals surface area contributed by atoms with Crippen molar-refractivity contribution in [1.82, 2.24) is 15.0 Å². The van der Waals surface area contributed by atoms with Gasteiger partial charge in [0.1, 0.15) is 5.71 Å². The summed E-state index contributed by atoms with van der Waals surface area (Å²) in [5, 5.41) is 9.57. The predicted octanol–water partition coefficient (Wildman–Crippen LogP) is 13.4. The van der Waals surface area contributed by atoms with Crippen LogP contribution in [0.25, 0.3) is 95.5 Å². The van der Waals surface area contributed by atoms with Gasteiger partial charge in [0.2, 0.25) is 0 Å². The quantitative estimate of drug-likeness (QED) is 0.158. The Morgan fingerprint density at radius 2 is 0.881 bits per heavy atom. The van der Waals surface area contributed by atoms with Gasteiger partial charge in [0.15, 0.2) is 5.82 Å². The third-order valence-electron chi connectivity index (χ3n) is 10.8. The van der Waals surface area contributed by atoms with Crippen molar-refractivity contribution in [3.63, 3.8) is 0 Å². The molecule has 0 saturated heterocycles. The van der Waals surface area contributed by atoms with Crippen molar-refractivity contribution in [2.45, 2.75) is 0 Å². The van der Waals surface area contributed by atoms with E-state index in [4.69, 9.17) is 20.4 Å². The highest BCUT2D eigenvalue weighted by molar-refractivity contribution is 7.79. The van der Waals surface area contributed by atoms with Crippen LogP contribution < -0.4 is 0 Å². The second-order valence-corrected chi connectivity index (χ2v) is 14.7. The largest absolute Gasteiger partial charge is 0.299 e. The summed E-state index contributed by atoms with van der Waals surface area (Å²) in [7, 11) is 0. The van der Waals surface area contributed by atoms with E-state index in [9.17, 15) is 0 Å². The summed E-state index contributed by atoms with van der Waals surface area (Å²) in [5.74, 6) is 0.653. The zero-order valence-corrected chi connectivity index (χ0v) is 32.7. The Bertz CT molecular complexity index is 3020. The molecule has 0 aliphatic heterocycles. The van der Waals surface area contributed by atoms with Gasteiger partial charge in [-0.05, 0) is 88.7 Å². The van der Waals surface area contributed by atoms with Gasteiger partial charge in [-0.1, -0.05) is 158 Å². The van der Waals surface area contributed by atoms with E-state index in [0.717, 1.165) is 94.7 Å².